The minimum atomic E-state index is -0.262. The number of morpholine rings is 1. The third-order valence-corrected chi connectivity index (χ3v) is 6.04. The van der Waals surface area contributed by atoms with Crippen LogP contribution < -0.4 is 0 Å². The van der Waals surface area contributed by atoms with Crippen molar-refractivity contribution in [3.8, 4) is 11.3 Å². The van der Waals surface area contributed by atoms with Crippen LogP contribution in [0.25, 0.3) is 11.3 Å². The number of benzene rings is 1. The van der Waals surface area contributed by atoms with Gasteiger partial charge in [-0.2, -0.15) is 0 Å². The van der Waals surface area contributed by atoms with Gasteiger partial charge in [0.25, 0.3) is 0 Å². The van der Waals surface area contributed by atoms with Crippen LogP contribution in [0, 0.1) is 5.82 Å². The molecule has 0 radical (unpaired) electrons. The first-order valence-corrected chi connectivity index (χ1v) is 10.0. The molecule has 2 aromatic rings. The van der Waals surface area contributed by atoms with Crippen molar-refractivity contribution in [2.24, 2.45) is 0 Å². The molecule has 0 N–H and O–H groups in total. The molecule has 0 aliphatic carbocycles. The number of carbonyl (C=O) groups is 1. The molecule has 0 spiro atoms. The Labute approximate surface area is 155 Å². The smallest absolute Gasteiger partial charge is 0.236 e. The maximum atomic E-state index is 13.0. The van der Waals surface area contributed by atoms with E-state index in [-0.39, 0.29) is 29.2 Å². The number of hydrogen-bond donors (Lipinski definition) is 0. The van der Waals surface area contributed by atoms with Gasteiger partial charge in [0.15, 0.2) is 4.34 Å². The molecule has 0 saturated carbocycles. The topological polar surface area (TPSA) is 42.4 Å². The minimum absolute atomic E-state index is 0.0647. The van der Waals surface area contributed by atoms with Gasteiger partial charge in [0, 0.05) is 24.0 Å². The van der Waals surface area contributed by atoms with Crippen molar-refractivity contribution in [2.45, 2.75) is 42.6 Å². The van der Waals surface area contributed by atoms with E-state index in [1.807, 2.05) is 31.1 Å². The van der Waals surface area contributed by atoms with Crippen LogP contribution >= 0.6 is 23.1 Å². The Bertz CT molecular complexity index is 725. The zero-order valence-electron chi connectivity index (χ0n) is 14.4. The number of rotatable bonds is 4. The quantitative estimate of drug-likeness (QED) is 0.750. The van der Waals surface area contributed by atoms with Gasteiger partial charge in [0.2, 0.25) is 5.91 Å². The normalized spacial score (nSPS) is 22.0. The second-order valence-electron chi connectivity index (χ2n) is 6.27. The van der Waals surface area contributed by atoms with Gasteiger partial charge < -0.3 is 9.64 Å². The number of thioether (sulfide) groups is 1. The van der Waals surface area contributed by atoms with E-state index in [4.69, 9.17) is 4.74 Å². The zero-order chi connectivity index (χ0) is 18.0. The van der Waals surface area contributed by atoms with Crippen LogP contribution in [-0.2, 0) is 9.53 Å². The van der Waals surface area contributed by atoms with Crippen LogP contribution in [0.3, 0.4) is 0 Å². The van der Waals surface area contributed by atoms with Gasteiger partial charge in [-0.25, -0.2) is 9.37 Å². The molecule has 0 unspecified atom stereocenters. The summed E-state index contributed by atoms with van der Waals surface area (Å²) in [6.45, 7) is 7.16. The average Bonchev–Trinajstić information content (AvgIpc) is 3.02. The summed E-state index contributed by atoms with van der Waals surface area (Å²) in [5.41, 5.74) is 1.68. The average molecular weight is 381 g/mol. The molecule has 1 amide bonds. The Hall–Kier alpha value is -1.44. The third kappa shape index (κ3) is 4.59. The highest BCUT2D eigenvalue weighted by atomic mass is 32.2. The monoisotopic (exact) mass is 380 g/mol. The molecule has 1 aromatic carbocycles. The molecule has 0 bridgehead atoms. The van der Waals surface area contributed by atoms with Gasteiger partial charge in [-0.1, -0.05) is 11.8 Å². The molecule has 1 aliphatic heterocycles. The fraction of sp³-hybridized carbons (Fsp3) is 0.444. The Balaban J connectivity index is 1.64. The molecule has 134 valence electrons. The van der Waals surface area contributed by atoms with E-state index >= 15 is 0 Å². The lowest BCUT2D eigenvalue weighted by Crippen LogP contribution is -2.50. The summed E-state index contributed by atoms with van der Waals surface area (Å²) in [7, 11) is 0. The predicted octanol–water partition coefficient (Wildman–Crippen LogP) is 4.07. The molecule has 1 fully saturated rings. The molecule has 1 aromatic heterocycles. The summed E-state index contributed by atoms with van der Waals surface area (Å²) in [5, 5.41) is 1.73. The van der Waals surface area contributed by atoms with Crippen LogP contribution in [0.1, 0.15) is 20.8 Å². The molecule has 3 atom stereocenters. The first-order valence-electron chi connectivity index (χ1n) is 8.24. The van der Waals surface area contributed by atoms with Gasteiger partial charge in [-0.15, -0.1) is 11.3 Å². The van der Waals surface area contributed by atoms with E-state index in [2.05, 4.69) is 4.98 Å². The van der Waals surface area contributed by atoms with E-state index in [0.717, 1.165) is 15.6 Å². The third-order valence-electron chi connectivity index (χ3n) is 3.98. The lowest BCUT2D eigenvalue weighted by atomic mass is 10.2. The summed E-state index contributed by atoms with van der Waals surface area (Å²) in [6, 6.07) is 6.27. The van der Waals surface area contributed by atoms with Crippen LogP contribution in [0.5, 0.6) is 0 Å². The maximum Gasteiger partial charge on any atom is 0.236 e. The van der Waals surface area contributed by atoms with Crippen molar-refractivity contribution < 1.29 is 13.9 Å². The molecule has 1 aliphatic rings. The molecule has 25 heavy (non-hydrogen) atoms. The van der Waals surface area contributed by atoms with E-state index in [0.29, 0.717) is 13.1 Å². The number of ether oxygens (including phenoxy) is 1. The Morgan fingerprint density at radius 1 is 1.32 bits per heavy atom. The number of halogens is 1. The minimum Gasteiger partial charge on any atom is -0.372 e. The van der Waals surface area contributed by atoms with E-state index in [9.17, 15) is 9.18 Å². The van der Waals surface area contributed by atoms with Gasteiger partial charge in [0.1, 0.15) is 5.82 Å². The van der Waals surface area contributed by atoms with Gasteiger partial charge in [-0.05, 0) is 45.0 Å². The van der Waals surface area contributed by atoms with Gasteiger partial charge in [-0.3, -0.25) is 4.79 Å². The highest BCUT2D eigenvalue weighted by Gasteiger charge is 2.29. The summed E-state index contributed by atoms with van der Waals surface area (Å²) in [5.74, 6) is -0.146. The molecular formula is C18H21FN2O2S2. The molecule has 4 nitrogen and oxygen atoms in total. The number of thiazole rings is 1. The van der Waals surface area contributed by atoms with E-state index in [1.165, 1.54) is 35.2 Å². The molecule has 3 rings (SSSR count). The van der Waals surface area contributed by atoms with Crippen molar-refractivity contribution in [1.29, 1.82) is 0 Å². The van der Waals surface area contributed by atoms with Crippen molar-refractivity contribution in [3.63, 3.8) is 0 Å². The lowest BCUT2D eigenvalue weighted by Gasteiger charge is -2.36. The lowest BCUT2D eigenvalue weighted by molar-refractivity contribution is -0.142. The standard InChI is InChI=1S/C18H21FN2O2S2/c1-11-8-21(9-12(2)23-11)17(22)13(3)25-18-20-16(10-24-18)14-4-6-15(19)7-5-14/h4-7,10-13H,8-9H2,1-3H3/t11-,12+,13-/m1/s1. The van der Waals surface area contributed by atoms with E-state index in [1.54, 1.807) is 12.1 Å². The Morgan fingerprint density at radius 3 is 2.60 bits per heavy atom. The van der Waals surface area contributed by atoms with Crippen LogP contribution in [-0.4, -0.2) is 46.3 Å². The summed E-state index contributed by atoms with van der Waals surface area (Å²) >= 11 is 2.97. The first kappa shape index (κ1) is 18.4. The van der Waals surface area contributed by atoms with Crippen molar-refractivity contribution in [2.75, 3.05) is 13.1 Å². The second kappa shape index (κ2) is 7.85. The fourth-order valence-corrected chi connectivity index (χ4v) is 4.94. The molecule has 2 heterocycles. The predicted molar refractivity (Wildman–Crippen MR) is 99.4 cm³/mol. The summed E-state index contributed by atoms with van der Waals surface area (Å²) in [4.78, 5) is 19.1. The molecular weight excluding hydrogens is 359 g/mol. The highest BCUT2D eigenvalue weighted by Crippen LogP contribution is 2.31. The van der Waals surface area contributed by atoms with Crippen LogP contribution in [0.15, 0.2) is 34.0 Å². The molecule has 1 saturated heterocycles. The highest BCUT2D eigenvalue weighted by molar-refractivity contribution is 8.02. The van der Waals surface area contributed by atoms with Gasteiger partial charge in [0.05, 0.1) is 23.2 Å². The SMILES string of the molecule is C[C@@H]1CN(C(=O)[C@@H](C)Sc2nc(-c3ccc(F)cc3)cs2)C[C@H](C)O1. The number of carbonyl (C=O) groups excluding carboxylic acids is 1. The second-order valence-corrected chi connectivity index (χ2v) is 8.71. The first-order chi connectivity index (χ1) is 11.9. The number of aromatic nitrogens is 1. The fourth-order valence-electron chi connectivity index (χ4n) is 2.88. The van der Waals surface area contributed by atoms with Crippen LogP contribution in [0.2, 0.25) is 0 Å². The number of nitrogens with zero attached hydrogens (tertiary/aromatic N) is 2. The van der Waals surface area contributed by atoms with E-state index < -0.39 is 0 Å². The van der Waals surface area contributed by atoms with Gasteiger partial charge >= 0.3 is 0 Å². The number of hydrogen-bond acceptors (Lipinski definition) is 5. The zero-order valence-corrected chi connectivity index (χ0v) is 16.1. The van der Waals surface area contributed by atoms with Crippen molar-refractivity contribution in [3.05, 3.63) is 35.5 Å². The molecule has 7 heteroatoms. The summed E-state index contributed by atoms with van der Waals surface area (Å²) in [6.07, 6.45) is 0.129. The van der Waals surface area contributed by atoms with Crippen molar-refractivity contribution in [1.82, 2.24) is 9.88 Å². The number of amides is 1. The van der Waals surface area contributed by atoms with Crippen LogP contribution in [0.4, 0.5) is 4.39 Å². The van der Waals surface area contributed by atoms with Crippen molar-refractivity contribution >= 4 is 29.0 Å². The summed E-state index contributed by atoms with van der Waals surface area (Å²) < 4.78 is 19.6. The maximum absolute atomic E-state index is 13.0. The largest absolute Gasteiger partial charge is 0.372 e. The Morgan fingerprint density at radius 2 is 1.96 bits per heavy atom. The Kier molecular flexibility index (Phi) is 5.76.